The summed E-state index contributed by atoms with van der Waals surface area (Å²) in [5.74, 6) is -0.0929. The van der Waals surface area contributed by atoms with Crippen molar-refractivity contribution in [2.24, 2.45) is 5.41 Å². The number of ether oxygens (including phenoxy) is 2. The van der Waals surface area contributed by atoms with Crippen molar-refractivity contribution in [2.75, 3.05) is 44.4 Å². The van der Waals surface area contributed by atoms with Gasteiger partial charge in [-0.3, -0.25) is 9.91 Å². The molecule has 1 unspecified atom stereocenters. The van der Waals surface area contributed by atoms with Crippen LogP contribution < -0.4 is 25.7 Å². The molecule has 1 atom stereocenters. The zero-order chi connectivity index (χ0) is 32.5. The number of benzene rings is 2. The highest BCUT2D eigenvalue weighted by Crippen LogP contribution is 2.46. The predicted octanol–water partition coefficient (Wildman–Crippen LogP) is 5.10. The first kappa shape index (κ1) is 28.1. The topological polar surface area (TPSA) is 83.0 Å². The van der Waals surface area contributed by atoms with Gasteiger partial charge in [-0.25, -0.2) is 4.39 Å². The Bertz CT molecular complexity index is 1690. The van der Waals surface area contributed by atoms with Crippen LogP contribution in [0, 0.1) is 11.2 Å². The zero-order valence-electron chi connectivity index (χ0n) is 28.2. The number of morpholine rings is 1. The molecule has 1 aromatic heterocycles. The second-order valence-electron chi connectivity index (χ2n) is 12.4. The minimum absolute atomic E-state index is 0.0218. The maximum atomic E-state index is 15.0. The molecule has 1 saturated heterocycles. The summed E-state index contributed by atoms with van der Waals surface area (Å²) < 4.78 is 44.9. The second-order valence-corrected chi connectivity index (χ2v) is 12.4. The van der Waals surface area contributed by atoms with Gasteiger partial charge in [-0.05, 0) is 55.2 Å². The summed E-state index contributed by atoms with van der Waals surface area (Å²) in [7, 11) is 0. The molecular weight excluding hydrogens is 557 g/mol. The predicted molar refractivity (Wildman–Crippen MR) is 172 cm³/mol. The van der Waals surface area contributed by atoms with Crippen molar-refractivity contribution in [3.63, 3.8) is 0 Å². The summed E-state index contributed by atoms with van der Waals surface area (Å²) in [6.07, 6.45) is 10.8. The minimum atomic E-state index is -1.97. The monoisotopic (exact) mass is 605 g/mol. The highest BCUT2D eigenvalue weighted by molar-refractivity contribution is 5.99. The minimum Gasteiger partial charge on any atom is -0.508 e. The number of fused-ring (bicyclic) bond motifs is 2. The number of phenolic OH excluding ortho intramolecular Hbond substituents is 1. The van der Waals surface area contributed by atoms with Gasteiger partial charge in [0.05, 0.1) is 45.4 Å². The molecule has 3 heterocycles. The van der Waals surface area contributed by atoms with Gasteiger partial charge in [-0.1, -0.05) is 46.1 Å². The fraction of sp³-hybridized carbons (Fsp3) is 0.543. The summed E-state index contributed by atoms with van der Waals surface area (Å²) in [4.78, 5) is 12.0. The maximum Gasteiger partial charge on any atom is 0.317 e. The molecule has 1 aliphatic carbocycles. The van der Waals surface area contributed by atoms with E-state index in [1.54, 1.807) is 29.4 Å². The summed E-state index contributed by atoms with van der Waals surface area (Å²) >= 11 is 0. The van der Waals surface area contributed by atoms with Crippen LogP contribution in [-0.2, 0) is 11.2 Å². The molecule has 2 N–H and O–H groups in total. The van der Waals surface area contributed by atoms with Crippen molar-refractivity contribution >= 4 is 28.9 Å². The number of unbranched alkanes of at least 4 members (excludes halogenated alkanes) is 2. The van der Waals surface area contributed by atoms with Crippen molar-refractivity contribution in [1.82, 2.24) is 20.3 Å². The fourth-order valence-electron chi connectivity index (χ4n) is 6.49. The molecule has 3 aromatic rings. The molecule has 0 radical (unpaired) electrons. The van der Waals surface area contributed by atoms with Gasteiger partial charge in [-0.2, -0.15) is 9.97 Å². The van der Waals surface area contributed by atoms with Crippen molar-refractivity contribution in [3.05, 3.63) is 51.9 Å². The average molecular weight is 606 g/mol. The highest BCUT2D eigenvalue weighted by Gasteiger charge is 2.45. The third-order valence-electron chi connectivity index (χ3n) is 9.21. The van der Waals surface area contributed by atoms with E-state index < -0.39 is 12.0 Å². The van der Waals surface area contributed by atoms with Gasteiger partial charge in [-0.15, -0.1) is 0 Å². The molecule has 44 heavy (non-hydrogen) atoms. The van der Waals surface area contributed by atoms with E-state index in [1.165, 1.54) is 6.07 Å². The molecule has 2 fully saturated rings. The van der Waals surface area contributed by atoms with Crippen LogP contribution in [0.4, 0.5) is 10.1 Å². The summed E-state index contributed by atoms with van der Waals surface area (Å²) in [5.41, 5.74) is 4.68. The molecule has 3 aliphatic rings. The van der Waals surface area contributed by atoms with Crippen molar-refractivity contribution in [1.29, 1.82) is 0 Å². The summed E-state index contributed by atoms with van der Waals surface area (Å²) in [6, 6.07) is 6.39. The fourth-order valence-corrected chi connectivity index (χ4v) is 6.49. The largest absolute Gasteiger partial charge is 0.508 e. The lowest BCUT2D eigenvalue weighted by atomic mass is 9.93. The third kappa shape index (κ3) is 6.49. The van der Waals surface area contributed by atoms with E-state index in [0.717, 1.165) is 74.3 Å². The van der Waals surface area contributed by atoms with Crippen LogP contribution in [0.1, 0.15) is 85.6 Å². The molecule has 1 saturated carbocycles. The Balaban J connectivity index is 1.42. The van der Waals surface area contributed by atoms with E-state index in [0.29, 0.717) is 48.2 Å². The Morgan fingerprint density at radius 3 is 2.70 bits per heavy atom. The molecule has 2 aliphatic heterocycles. The normalized spacial score (nSPS) is 19.2. The van der Waals surface area contributed by atoms with Gasteiger partial charge in [0.1, 0.15) is 11.6 Å². The molecule has 8 nitrogen and oxygen atoms in total. The third-order valence-corrected chi connectivity index (χ3v) is 9.21. The van der Waals surface area contributed by atoms with Gasteiger partial charge in [0.15, 0.2) is 0 Å². The number of phenols is 1. The number of aromatic nitrogens is 2. The number of aromatic hydroxyl groups is 1. The second kappa shape index (κ2) is 13.3. The number of hydrazine groups is 1. The van der Waals surface area contributed by atoms with Crippen LogP contribution in [0.5, 0.6) is 11.8 Å². The van der Waals surface area contributed by atoms with Crippen LogP contribution in [-0.4, -0.2) is 59.4 Å². The molecule has 9 heteroatoms. The SMILES string of the molecule is [2H]C([2H])(Oc1nc(C(CC)CCCCC)c2c(n1)=CN(c1cc(O)cc3ccc(F)c(CC)c13)NC=2)C1(CN2CCOCC2)CC1. The molecule has 0 spiro atoms. The summed E-state index contributed by atoms with van der Waals surface area (Å²) in [6.45, 7) is 7.78. The number of halogens is 1. The Morgan fingerprint density at radius 1 is 1.16 bits per heavy atom. The Hall–Kier alpha value is -3.43. The Labute approximate surface area is 262 Å². The standard InChI is InChI=1S/C35H46FN5O3/c1-4-7-8-9-24(5-2)33-28-20-37-41(31-19-26(42)18-25-10-11-29(36)27(6-3)32(25)31)21-30(28)38-34(39-33)44-23-35(12-13-35)22-40-14-16-43-17-15-40/h10-11,18-21,24,37,42H,4-9,12-17,22-23H2,1-3H3/i23D2. The van der Waals surface area contributed by atoms with E-state index in [9.17, 15) is 9.50 Å². The van der Waals surface area contributed by atoms with Gasteiger partial charge < -0.3 is 20.0 Å². The molecule has 0 bridgehead atoms. The van der Waals surface area contributed by atoms with Crippen LogP contribution in [0.25, 0.3) is 23.2 Å². The van der Waals surface area contributed by atoms with E-state index in [-0.39, 0.29) is 23.5 Å². The lowest BCUT2D eigenvalue weighted by molar-refractivity contribution is 0.0231. The average Bonchev–Trinajstić information content (AvgIpc) is 3.84. The Kier molecular flexibility index (Phi) is 8.47. The number of nitrogens with zero attached hydrogens (tertiary/aromatic N) is 4. The number of rotatable bonds is 13. The van der Waals surface area contributed by atoms with Crippen molar-refractivity contribution in [2.45, 2.75) is 78.1 Å². The van der Waals surface area contributed by atoms with Crippen molar-refractivity contribution < 1.29 is 21.7 Å². The van der Waals surface area contributed by atoms with Gasteiger partial charge in [0.2, 0.25) is 0 Å². The maximum absolute atomic E-state index is 15.0. The van der Waals surface area contributed by atoms with Gasteiger partial charge in [0, 0.05) is 53.8 Å². The van der Waals surface area contributed by atoms with Crippen LogP contribution >= 0.6 is 0 Å². The van der Waals surface area contributed by atoms with Crippen LogP contribution in [0.2, 0.25) is 0 Å². The zero-order valence-corrected chi connectivity index (χ0v) is 26.2. The number of hydrogen-bond acceptors (Lipinski definition) is 8. The highest BCUT2D eigenvalue weighted by atomic mass is 19.1. The number of hydrogen-bond donors (Lipinski definition) is 2. The lowest BCUT2D eigenvalue weighted by Crippen LogP contribution is -2.46. The van der Waals surface area contributed by atoms with Crippen molar-refractivity contribution in [3.8, 4) is 11.8 Å². The van der Waals surface area contributed by atoms with Crippen LogP contribution in [0.15, 0.2) is 24.3 Å². The Morgan fingerprint density at radius 2 is 1.98 bits per heavy atom. The van der Waals surface area contributed by atoms with E-state index in [4.69, 9.17) is 22.2 Å². The molecule has 6 rings (SSSR count). The number of nitrogens with one attached hydrogen (secondary N) is 1. The quantitative estimate of drug-likeness (QED) is 0.261. The van der Waals surface area contributed by atoms with E-state index >= 15 is 0 Å². The van der Waals surface area contributed by atoms with E-state index in [2.05, 4.69) is 24.2 Å². The molecular formula is C35H46FN5O3. The molecule has 0 amide bonds. The van der Waals surface area contributed by atoms with Gasteiger partial charge in [0.25, 0.3) is 0 Å². The smallest absolute Gasteiger partial charge is 0.317 e. The lowest BCUT2D eigenvalue weighted by Gasteiger charge is -2.30. The first-order valence-electron chi connectivity index (χ1n) is 17.3. The van der Waals surface area contributed by atoms with Crippen LogP contribution in [0.3, 0.4) is 0 Å². The van der Waals surface area contributed by atoms with Gasteiger partial charge >= 0.3 is 6.01 Å². The summed E-state index contributed by atoms with van der Waals surface area (Å²) in [5, 5.41) is 15.2. The van der Waals surface area contributed by atoms with E-state index in [1.807, 2.05) is 13.1 Å². The molecule has 236 valence electrons. The number of anilines is 1. The molecule has 2 aromatic carbocycles. The number of aryl methyl sites for hydroxylation is 1. The first-order chi connectivity index (χ1) is 22.2. The first-order valence-corrected chi connectivity index (χ1v) is 16.3.